The van der Waals surface area contributed by atoms with E-state index in [-0.39, 0.29) is 23.5 Å². The predicted octanol–water partition coefficient (Wildman–Crippen LogP) is 1.74. The summed E-state index contributed by atoms with van der Waals surface area (Å²) in [6, 6.07) is 0. The Morgan fingerprint density at radius 1 is 1.33 bits per heavy atom. The molecular weight excluding hydrogens is 288 g/mol. The molecule has 1 aromatic rings. The van der Waals surface area contributed by atoms with Crippen LogP contribution in [0, 0.1) is 5.41 Å². The van der Waals surface area contributed by atoms with Gasteiger partial charge in [0.05, 0.1) is 5.75 Å². The molecule has 1 aliphatic carbocycles. The molecule has 0 spiro atoms. The van der Waals surface area contributed by atoms with Gasteiger partial charge >= 0.3 is 0 Å². The summed E-state index contributed by atoms with van der Waals surface area (Å²) in [6.07, 6.45) is 2.49. The number of hydrogen-bond donors (Lipinski definition) is 1. The largest absolute Gasteiger partial charge is 0.370 e. The van der Waals surface area contributed by atoms with Crippen LogP contribution in [0.2, 0.25) is 0 Å². The highest BCUT2D eigenvalue weighted by Gasteiger charge is 2.31. The molecule has 1 saturated carbocycles. The predicted molar refractivity (Wildman–Crippen MR) is 81.0 cm³/mol. The van der Waals surface area contributed by atoms with E-state index in [2.05, 4.69) is 10.2 Å². The van der Waals surface area contributed by atoms with Crippen molar-refractivity contribution in [1.29, 1.82) is 0 Å². The fourth-order valence-corrected chi connectivity index (χ4v) is 2.96. The summed E-state index contributed by atoms with van der Waals surface area (Å²) in [6.45, 7) is 6.20. The molecule has 116 valence electrons. The zero-order chi connectivity index (χ0) is 15.6. The number of amides is 1. The van der Waals surface area contributed by atoms with Gasteiger partial charge in [-0.25, -0.2) is 0 Å². The van der Waals surface area contributed by atoms with E-state index in [1.807, 2.05) is 25.3 Å². The van der Waals surface area contributed by atoms with Crippen LogP contribution in [0.25, 0.3) is 0 Å². The topological polar surface area (TPSA) is 90.9 Å². The molecule has 1 aromatic heterocycles. The first kappa shape index (κ1) is 16.0. The third-order valence-corrected chi connectivity index (χ3v) is 4.41. The number of carbonyl (C=O) groups excluding carboxylic acids is 2. The number of nitrogens with two attached hydrogens (primary N) is 1. The molecule has 1 heterocycles. The molecule has 1 amide bonds. The van der Waals surface area contributed by atoms with Gasteiger partial charge in [0.1, 0.15) is 11.6 Å². The molecule has 2 rings (SSSR count). The highest BCUT2D eigenvalue weighted by Crippen LogP contribution is 2.40. The molecule has 0 atom stereocenters. The highest BCUT2D eigenvalue weighted by atomic mass is 32.2. The van der Waals surface area contributed by atoms with Gasteiger partial charge in [-0.2, -0.15) is 0 Å². The Morgan fingerprint density at radius 2 is 2.00 bits per heavy atom. The summed E-state index contributed by atoms with van der Waals surface area (Å²) in [5, 5.41) is 9.11. The van der Waals surface area contributed by atoms with Crippen molar-refractivity contribution in [2.24, 2.45) is 11.1 Å². The molecule has 0 aliphatic heterocycles. The van der Waals surface area contributed by atoms with Crippen molar-refractivity contribution in [3.8, 4) is 0 Å². The Hall–Kier alpha value is -1.37. The van der Waals surface area contributed by atoms with E-state index < -0.39 is 0 Å². The molecule has 21 heavy (non-hydrogen) atoms. The first-order valence-corrected chi connectivity index (χ1v) is 8.15. The van der Waals surface area contributed by atoms with E-state index in [1.54, 1.807) is 0 Å². The third-order valence-electron chi connectivity index (χ3n) is 3.44. The van der Waals surface area contributed by atoms with Crippen LogP contribution in [-0.2, 0) is 16.1 Å². The van der Waals surface area contributed by atoms with Gasteiger partial charge in [0.2, 0.25) is 5.91 Å². The highest BCUT2D eigenvalue weighted by molar-refractivity contribution is 7.99. The third kappa shape index (κ3) is 4.30. The number of rotatable bonds is 7. The Balaban J connectivity index is 2.07. The first-order chi connectivity index (χ1) is 9.79. The normalized spacial score (nSPS) is 15.2. The van der Waals surface area contributed by atoms with Gasteiger partial charge in [0, 0.05) is 24.3 Å². The van der Waals surface area contributed by atoms with Crippen LogP contribution in [0.1, 0.15) is 51.8 Å². The van der Waals surface area contributed by atoms with E-state index in [1.165, 1.54) is 11.8 Å². The van der Waals surface area contributed by atoms with Crippen molar-refractivity contribution in [2.45, 2.75) is 57.7 Å². The molecule has 0 aromatic carbocycles. The number of primary amides is 1. The van der Waals surface area contributed by atoms with Gasteiger partial charge in [0.25, 0.3) is 0 Å². The van der Waals surface area contributed by atoms with Gasteiger partial charge < -0.3 is 10.3 Å². The van der Waals surface area contributed by atoms with Crippen molar-refractivity contribution in [3.63, 3.8) is 0 Å². The molecule has 2 N–H and O–H groups in total. The van der Waals surface area contributed by atoms with Gasteiger partial charge in [-0.15, -0.1) is 10.2 Å². The lowest BCUT2D eigenvalue weighted by molar-refractivity contribution is -0.123. The van der Waals surface area contributed by atoms with Crippen molar-refractivity contribution >= 4 is 23.5 Å². The molecule has 0 bridgehead atoms. The van der Waals surface area contributed by atoms with Crippen molar-refractivity contribution in [2.75, 3.05) is 5.75 Å². The Morgan fingerprint density at radius 3 is 2.52 bits per heavy atom. The number of thioether (sulfide) groups is 1. The average Bonchev–Trinajstić information content (AvgIpc) is 3.14. The summed E-state index contributed by atoms with van der Waals surface area (Å²) < 4.78 is 1.95. The standard InChI is InChI=1S/C14H22N4O2S/c1-14(2,3)10(19)8-21-13-17-16-12(9-4-5-9)18(13)7-6-11(15)20/h9H,4-8H2,1-3H3,(H2,15,20). The Bertz CT molecular complexity index is 544. The van der Waals surface area contributed by atoms with E-state index in [0.29, 0.717) is 23.4 Å². The van der Waals surface area contributed by atoms with Crippen molar-refractivity contribution in [3.05, 3.63) is 5.82 Å². The second kappa shape index (κ2) is 6.17. The molecule has 1 aliphatic rings. The number of ketones is 1. The van der Waals surface area contributed by atoms with E-state index in [0.717, 1.165) is 18.7 Å². The smallest absolute Gasteiger partial charge is 0.219 e. The summed E-state index contributed by atoms with van der Waals surface area (Å²) in [4.78, 5) is 23.0. The molecule has 0 saturated heterocycles. The number of carbonyl (C=O) groups is 2. The first-order valence-electron chi connectivity index (χ1n) is 7.16. The van der Waals surface area contributed by atoms with Crippen LogP contribution < -0.4 is 5.73 Å². The minimum atomic E-state index is -0.357. The summed E-state index contributed by atoms with van der Waals surface area (Å²) >= 11 is 1.39. The van der Waals surface area contributed by atoms with Crippen LogP contribution in [0.5, 0.6) is 0 Å². The maximum absolute atomic E-state index is 12.0. The van der Waals surface area contributed by atoms with Gasteiger partial charge in [0.15, 0.2) is 5.16 Å². The summed E-state index contributed by atoms with van der Waals surface area (Å²) in [5.41, 5.74) is 4.87. The Kier molecular flexibility index (Phi) is 4.70. The Labute approximate surface area is 128 Å². The average molecular weight is 310 g/mol. The van der Waals surface area contributed by atoms with Crippen molar-refractivity contribution < 1.29 is 9.59 Å². The maximum Gasteiger partial charge on any atom is 0.219 e. The molecule has 6 nitrogen and oxygen atoms in total. The second-order valence-corrected chi connectivity index (χ2v) is 7.39. The lowest BCUT2D eigenvalue weighted by Gasteiger charge is -2.16. The zero-order valence-electron chi connectivity index (χ0n) is 12.8. The van der Waals surface area contributed by atoms with Crippen molar-refractivity contribution in [1.82, 2.24) is 14.8 Å². The van der Waals surface area contributed by atoms with Crippen LogP contribution in [0.3, 0.4) is 0 Å². The number of aromatic nitrogens is 3. The number of hydrogen-bond acceptors (Lipinski definition) is 5. The summed E-state index contributed by atoms with van der Waals surface area (Å²) in [5.74, 6) is 1.56. The SMILES string of the molecule is CC(C)(C)C(=O)CSc1nnc(C2CC2)n1CCC(N)=O. The van der Waals surface area contributed by atoms with Crippen LogP contribution in [-0.4, -0.2) is 32.2 Å². The molecule has 0 radical (unpaired) electrons. The molecular formula is C14H22N4O2S. The molecule has 1 fully saturated rings. The van der Waals surface area contributed by atoms with Gasteiger partial charge in [-0.1, -0.05) is 32.5 Å². The van der Waals surface area contributed by atoms with Crippen LogP contribution >= 0.6 is 11.8 Å². The van der Waals surface area contributed by atoms with Crippen LogP contribution in [0.15, 0.2) is 5.16 Å². The number of nitrogens with zero attached hydrogens (tertiary/aromatic N) is 3. The lowest BCUT2D eigenvalue weighted by Crippen LogP contribution is -2.22. The minimum absolute atomic E-state index is 0.171. The van der Waals surface area contributed by atoms with E-state index in [4.69, 9.17) is 5.73 Å². The zero-order valence-corrected chi connectivity index (χ0v) is 13.6. The fourth-order valence-electron chi connectivity index (χ4n) is 1.83. The monoisotopic (exact) mass is 310 g/mol. The van der Waals surface area contributed by atoms with E-state index >= 15 is 0 Å². The maximum atomic E-state index is 12.0. The second-order valence-electron chi connectivity index (χ2n) is 6.44. The number of Topliss-reactive ketones (excluding diaryl/α,β-unsaturated/α-hetero) is 1. The lowest BCUT2D eigenvalue weighted by atomic mass is 9.92. The minimum Gasteiger partial charge on any atom is -0.370 e. The summed E-state index contributed by atoms with van der Waals surface area (Å²) in [7, 11) is 0. The van der Waals surface area contributed by atoms with Crippen LogP contribution in [0.4, 0.5) is 0 Å². The molecule has 0 unspecified atom stereocenters. The van der Waals surface area contributed by atoms with E-state index in [9.17, 15) is 9.59 Å². The van der Waals surface area contributed by atoms with Gasteiger partial charge in [-0.05, 0) is 12.8 Å². The molecule has 7 heteroatoms. The van der Waals surface area contributed by atoms with Gasteiger partial charge in [-0.3, -0.25) is 9.59 Å². The quantitative estimate of drug-likeness (QED) is 0.775. The fraction of sp³-hybridized carbons (Fsp3) is 0.714.